The highest BCUT2D eigenvalue weighted by molar-refractivity contribution is 7.92. The lowest BCUT2D eigenvalue weighted by Crippen LogP contribution is -2.23. The van der Waals surface area contributed by atoms with E-state index in [2.05, 4.69) is 5.32 Å². The number of rotatable bonds is 5. The molecule has 1 atom stereocenters. The minimum Gasteiger partial charge on any atom is -0.384 e. The summed E-state index contributed by atoms with van der Waals surface area (Å²) in [6.45, 7) is 2.35. The highest BCUT2D eigenvalue weighted by atomic mass is 35.5. The Morgan fingerprint density at radius 3 is 2.21 bits per heavy atom. The van der Waals surface area contributed by atoms with Gasteiger partial charge in [-0.3, -0.25) is 0 Å². The molecule has 0 aliphatic heterocycles. The maximum atomic E-state index is 12.3. The molecule has 1 unspecified atom stereocenters. The molecule has 0 aliphatic carbocycles. The molecular weight excluding hydrogens is 303 g/mol. The van der Waals surface area contributed by atoms with Gasteiger partial charge >= 0.3 is 5.51 Å². The molecule has 0 heterocycles. The number of nitrogens with one attached hydrogen (secondary N) is 1. The normalized spacial score (nSPS) is 14.2. The Hall–Kier alpha value is -0.950. The molecule has 1 aromatic rings. The topological polar surface area (TPSA) is 46.2 Å². The van der Waals surface area contributed by atoms with E-state index in [0.717, 1.165) is 18.6 Å². The lowest BCUT2D eigenvalue weighted by molar-refractivity contribution is -0.0436. The maximum absolute atomic E-state index is 12.3. The van der Waals surface area contributed by atoms with Crippen molar-refractivity contribution in [3.05, 3.63) is 24.3 Å². The molecule has 108 valence electrons. The van der Waals surface area contributed by atoms with E-state index in [0.29, 0.717) is 12.2 Å². The summed E-state index contributed by atoms with van der Waals surface area (Å²) in [5.74, 6) is 0. The van der Waals surface area contributed by atoms with Crippen LogP contribution in [0.15, 0.2) is 29.2 Å². The molecule has 1 aromatic carbocycles. The van der Waals surface area contributed by atoms with Gasteiger partial charge < -0.3 is 5.32 Å². The SMILES string of the molecule is CCC(Cl)CNc1ccc(S(=O)(=O)C(F)(F)F)cc1. The number of sulfone groups is 1. The van der Waals surface area contributed by atoms with Crippen LogP contribution in [0, 0.1) is 0 Å². The molecule has 19 heavy (non-hydrogen) atoms. The van der Waals surface area contributed by atoms with Crippen molar-refractivity contribution in [2.75, 3.05) is 11.9 Å². The fourth-order valence-corrected chi connectivity index (χ4v) is 2.10. The quantitative estimate of drug-likeness (QED) is 0.847. The molecule has 3 nitrogen and oxygen atoms in total. The van der Waals surface area contributed by atoms with Gasteiger partial charge in [0.15, 0.2) is 0 Å². The molecule has 0 spiro atoms. The van der Waals surface area contributed by atoms with Gasteiger partial charge in [-0.25, -0.2) is 8.42 Å². The minimum absolute atomic E-state index is 0.0985. The van der Waals surface area contributed by atoms with Gasteiger partial charge in [-0.15, -0.1) is 11.6 Å². The van der Waals surface area contributed by atoms with E-state index in [1.165, 1.54) is 12.1 Å². The lowest BCUT2D eigenvalue weighted by Gasteiger charge is -2.11. The van der Waals surface area contributed by atoms with Crippen LogP contribution in [0.3, 0.4) is 0 Å². The number of benzene rings is 1. The van der Waals surface area contributed by atoms with Crippen molar-refractivity contribution in [1.29, 1.82) is 0 Å². The molecule has 0 radical (unpaired) electrons. The minimum atomic E-state index is -5.29. The predicted octanol–water partition coefficient (Wildman–Crippen LogP) is 3.41. The van der Waals surface area contributed by atoms with E-state index < -0.39 is 20.2 Å². The standard InChI is InChI=1S/C11H13ClF3NO2S/c1-2-8(12)7-16-9-3-5-10(6-4-9)19(17,18)11(13,14)15/h3-6,8,16H,2,7H2,1H3. The molecular formula is C11H13ClF3NO2S. The second kappa shape index (κ2) is 6.00. The summed E-state index contributed by atoms with van der Waals surface area (Å²) in [6, 6.07) is 4.39. The van der Waals surface area contributed by atoms with Gasteiger partial charge in [-0.1, -0.05) is 6.92 Å². The van der Waals surface area contributed by atoms with Crippen LogP contribution in [0.2, 0.25) is 0 Å². The zero-order valence-corrected chi connectivity index (χ0v) is 11.6. The Bertz CT molecular complexity index is 514. The Kier molecular flexibility index (Phi) is 5.09. The monoisotopic (exact) mass is 315 g/mol. The molecule has 0 fully saturated rings. The highest BCUT2D eigenvalue weighted by Crippen LogP contribution is 2.30. The lowest BCUT2D eigenvalue weighted by atomic mass is 10.3. The third-order valence-electron chi connectivity index (χ3n) is 2.44. The van der Waals surface area contributed by atoms with Gasteiger partial charge in [-0.2, -0.15) is 13.2 Å². The zero-order chi connectivity index (χ0) is 14.7. The smallest absolute Gasteiger partial charge is 0.384 e. The molecule has 1 N–H and O–H groups in total. The summed E-state index contributed by atoms with van der Waals surface area (Å²) in [5.41, 5.74) is -4.77. The summed E-state index contributed by atoms with van der Waals surface area (Å²) in [4.78, 5) is -0.775. The fourth-order valence-electron chi connectivity index (χ4n) is 1.26. The predicted molar refractivity (Wildman–Crippen MR) is 68.1 cm³/mol. The van der Waals surface area contributed by atoms with Gasteiger partial charge in [0.05, 0.1) is 10.3 Å². The van der Waals surface area contributed by atoms with Crippen molar-refractivity contribution in [1.82, 2.24) is 0 Å². The van der Waals surface area contributed by atoms with Crippen molar-refractivity contribution < 1.29 is 21.6 Å². The summed E-state index contributed by atoms with van der Waals surface area (Å²) >= 11 is 5.87. The first-order valence-corrected chi connectivity index (χ1v) is 7.39. The second-order valence-electron chi connectivity index (χ2n) is 3.86. The van der Waals surface area contributed by atoms with E-state index >= 15 is 0 Å². The van der Waals surface area contributed by atoms with E-state index in [1.54, 1.807) is 0 Å². The molecule has 0 saturated carbocycles. The Morgan fingerprint density at radius 1 is 1.26 bits per heavy atom. The molecule has 0 aliphatic rings. The molecule has 0 aromatic heterocycles. The zero-order valence-electron chi connectivity index (χ0n) is 10.0. The first kappa shape index (κ1) is 16.1. The average Bonchev–Trinajstić information content (AvgIpc) is 2.35. The van der Waals surface area contributed by atoms with Gasteiger partial charge in [0.2, 0.25) is 0 Å². The number of hydrogen-bond donors (Lipinski definition) is 1. The third-order valence-corrected chi connectivity index (χ3v) is 4.41. The summed E-state index contributed by atoms with van der Waals surface area (Å²) in [5, 5.41) is 2.81. The summed E-state index contributed by atoms with van der Waals surface area (Å²) in [7, 11) is -5.28. The number of alkyl halides is 4. The van der Waals surface area contributed by atoms with E-state index in [4.69, 9.17) is 11.6 Å². The van der Waals surface area contributed by atoms with Crippen LogP contribution in [0.25, 0.3) is 0 Å². The Balaban J connectivity index is 2.83. The molecule has 8 heteroatoms. The van der Waals surface area contributed by atoms with Crippen molar-refractivity contribution in [2.24, 2.45) is 0 Å². The van der Waals surface area contributed by atoms with Crippen molar-refractivity contribution in [2.45, 2.75) is 29.1 Å². The van der Waals surface area contributed by atoms with Crippen LogP contribution >= 0.6 is 11.6 Å². The largest absolute Gasteiger partial charge is 0.501 e. The molecule has 0 amide bonds. The summed E-state index contributed by atoms with van der Waals surface area (Å²) < 4.78 is 59.1. The van der Waals surface area contributed by atoms with Crippen LogP contribution in [-0.2, 0) is 9.84 Å². The Labute approximate surface area is 114 Å². The van der Waals surface area contributed by atoms with E-state index in [9.17, 15) is 21.6 Å². The number of hydrogen-bond acceptors (Lipinski definition) is 3. The molecule has 0 saturated heterocycles. The van der Waals surface area contributed by atoms with Gasteiger partial charge in [0, 0.05) is 12.2 Å². The first-order chi connectivity index (χ1) is 8.68. The van der Waals surface area contributed by atoms with Crippen LogP contribution in [0.4, 0.5) is 18.9 Å². The van der Waals surface area contributed by atoms with Gasteiger partial charge in [-0.05, 0) is 30.7 Å². The van der Waals surface area contributed by atoms with Crippen LogP contribution < -0.4 is 5.32 Å². The van der Waals surface area contributed by atoms with Crippen molar-refractivity contribution in [3.8, 4) is 0 Å². The van der Waals surface area contributed by atoms with Crippen LogP contribution in [-0.4, -0.2) is 25.8 Å². The van der Waals surface area contributed by atoms with E-state index in [-0.39, 0.29) is 5.38 Å². The van der Waals surface area contributed by atoms with Gasteiger partial charge in [0.1, 0.15) is 0 Å². The Morgan fingerprint density at radius 2 is 1.79 bits per heavy atom. The number of anilines is 1. The number of halogens is 4. The average molecular weight is 316 g/mol. The summed E-state index contributed by atoms with van der Waals surface area (Å²) in [6.07, 6.45) is 0.745. The van der Waals surface area contributed by atoms with Crippen LogP contribution in [0.1, 0.15) is 13.3 Å². The molecule has 1 rings (SSSR count). The second-order valence-corrected chi connectivity index (χ2v) is 6.42. The van der Waals surface area contributed by atoms with Crippen LogP contribution in [0.5, 0.6) is 0 Å². The van der Waals surface area contributed by atoms with Crippen molar-refractivity contribution in [3.63, 3.8) is 0 Å². The highest BCUT2D eigenvalue weighted by Gasteiger charge is 2.46. The fraction of sp³-hybridized carbons (Fsp3) is 0.455. The van der Waals surface area contributed by atoms with Crippen molar-refractivity contribution >= 4 is 27.1 Å². The maximum Gasteiger partial charge on any atom is 0.501 e. The first-order valence-electron chi connectivity index (χ1n) is 5.48. The van der Waals surface area contributed by atoms with Gasteiger partial charge in [0.25, 0.3) is 9.84 Å². The van der Waals surface area contributed by atoms with E-state index in [1.807, 2.05) is 6.92 Å². The molecule has 0 bridgehead atoms. The third kappa shape index (κ3) is 4.01.